The van der Waals surface area contributed by atoms with E-state index in [0.29, 0.717) is 24.9 Å². The number of hydrogen-bond donors (Lipinski definition) is 3. The van der Waals surface area contributed by atoms with Gasteiger partial charge in [0.25, 0.3) is 5.91 Å². The van der Waals surface area contributed by atoms with Crippen LogP contribution in [-0.4, -0.2) is 58.9 Å². The number of aliphatic hydroxyl groups excluding tert-OH is 1. The van der Waals surface area contributed by atoms with Crippen molar-refractivity contribution in [3.8, 4) is 22.4 Å². The molecule has 8 nitrogen and oxygen atoms in total. The minimum atomic E-state index is -0.502. The third-order valence-electron chi connectivity index (χ3n) is 6.49. The number of H-pyrrole nitrogens is 1. The first kappa shape index (κ1) is 24.7. The Kier molecular flexibility index (Phi) is 7.30. The van der Waals surface area contributed by atoms with E-state index in [0.717, 1.165) is 52.2 Å². The average molecular weight is 498 g/mol. The van der Waals surface area contributed by atoms with E-state index in [1.54, 1.807) is 12.3 Å². The number of aryl methyl sites for hydroxylation is 2. The van der Waals surface area contributed by atoms with Crippen LogP contribution in [0.1, 0.15) is 33.2 Å². The Bertz CT molecular complexity index is 1360. The maximum absolute atomic E-state index is 13.1. The second-order valence-electron chi connectivity index (χ2n) is 9.33. The lowest BCUT2D eigenvalue weighted by Crippen LogP contribution is -2.37. The van der Waals surface area contributed by atoms with E-state index >= 15 is 0 Å². The molecule has 1 saturated heterocycles. The molecule has 3 heterocycles. The fraction of sp³-hybridized carbons (Fsp3) is 0.276. The number of nitrogens with one attached hydrogen (secondary N) is 2. The molecule has 3 N–H and O–H groups in total. The van der Waals surface area contributed by atoms with Crippen molar-refractivity contribution in [3.63, 3.8) is 0 Å². The van der Waals surface area contributed by atoms with Crippen molar-refractivity contribution in [1.29, 1.82) is 0 Å². The number of rotatable bonds is 7. The Morgan fingerprint density at radius 3 is 2.51 bits per heavy atom. The number of morpholine rings is 1. The Balaban J connectivity index is 1.49. The summed E-state index contributed by atoms with van der Waals surface area (Å²) in [5.74, 6) is 0.340. The standard InChI is InChI=1S/C29H31N5O3/c1-19-12-20(2)14-22(13-19)24-17-31-29(34-8-10-37-11-9-34)33-27(24)23-15-25(30-16-23)28(36)32-26(18-35)21-6-4-3-5-7-21/h3-7,12-17,26,30,35H,8-11,18H2,1-2H3,(H,32,36)/t26-/m0/s1. The highest BCUT2D eigenvalue weighted by Crippen LogP contribution is 2.33. The molecule has 0 bridgehead atoms. The summed E-state index contributed by atoms with van der Waals surface area (Å²) in [4.78, 5) is 28.0. The fourth-order valence-electron chi connectivity index (χ4n) is 4.67. The third-order valence-corrected chi connectivity index (χ3v) is 6.49. The smallest absolute Gasteiger partial charge is 0.268 e. The number of aliphatic hydroxyl groups is 1. The number of ether oxygens (including phenoxy) is 1. The summed E-state index contributed by atoms with van der Waals surface area (Å²) in [5, 5.41) is 12.8. The highest BCUT2D eigenvalue weighted by molar-refractivity contribution is 5.95. The van der Waals surface area contributed by atoms with E-state index in [-0.39, 0.29) is 12.5 Å². The molecule has 4 aromatic rings. The maximum Gasteiger partial charge on any atom is 0.268 e. The Hall–Kier alpha value is -4.01. The number of amides is 1. The summed E-state index contributed by atoms with van der Waals surface area (Å²) < 4.78 is 5.49. The summed E-state index contributed by atoms with van der Waals surface area (Å²) in [6, 6.07) is 17.1. The molecular formula is C29H31N5O3. The summed E-state index contributed by atoms with van der Waals surface area (Å²) in [7, 11) is 0. The number of anilines is 1. The van der Waals surface area contributed by atoms with Gasteiger partial charge < -0.3 is 25.0 Å². The topological polar surface area (TPSA) is 103 Å². The molecule has 1 aliphatic rings. The molecule has 0 spiro atoms. The van der Waals surface area contributed by atoms with Crippen molar-refractivity contribution in [3.05, 3.63) is 89.4 Å². The highest BCUT2D eigenvalue weighted by Gasteiger charge is 2.21. The highest BCUT2D eigenvalue weighted by atomic mass is 16.5. The summed E-state index contributed by atoms with van der Waals surface area (Å²) >= 11 is 0. The predicted molar refractivity (Wildman–Crippen MR) is 143 cm³/mol. The van der Waals surface area contributed by atoms with Gasteiger partial charge in [0.15, 0.2) is 0 Å². The van der Waals surface area contributed by atoms with Gasteiger partial charge in [-0.3, -0.25) is 4.79 Å². The lowest BCUT2D eigenvalue weighted by Gasteiger charge is -2.27. The Morgan fingerprint density at radius 2 is 1.81 bits per heavy atom. The van der Waals surface area contributed by atoms with Gasteiger partial charge in [-0.2, -0.15) is 0 Å². The molecule has 37 heavy (non-hydrogen) atoms. The van der Waals surface area contributed by atoms with Gasteiger partial charge in [-0.15, -0.1) is 0 Å². The first-order chi connectivity index (χ1) is 18.0. The van der Waals surface area contributed by atoms with Gasteiger partial charge in [0.05, 0.1) is 31.6 Å². The van der Waals surface area contributed by atoms with Crippen LogP contribution in [0.25, 0.3) is 22.4 Å². The number of aromatic nitrogens is 3. The summed E-state index contributed by atoms with van der Waals surface area (Å²) in [6.45, 7) is 6.68. The van der Waals surface area contributed by atoms with Crippen LogP contribution in [0.5, 0.6) is 0 Å². The van der Waals surface area contributed by atoms with Crippen LogP contribution in [0.3, 0.4) is 0 Å². The van der Waals surface area contributed by atoms with Gasteiger partial charge in [0.1, 0.15) is 5.69 Å². The molecule has 5 rings (SSSR count). The first-order valence-corrected chi connectivity index (χ1v) is 12.5. The molecule has 1 fully saturated rings. The van der Waals surface area contributed by atoms with E-state index in [1.165, 1.54) is 0 Å². The molecule has 2 aromatic heterocycles. The predicted octanol–water partition coefficient (Wildman–Crippen LogP) is 4.06. The SMILES string of the molecule is Cc1cc(C)cc(-c2cnc(N3CCOCC3)nc2-c2c[nH]c(C(=O)N[C@@H](CO)c3ccccc3)c2)c1. The monoisotopic (exact) mass is 497 g/mol. The first-order valence-electron chi connectivity index (χ1n) is 12.5. The van der Waals surface area contributed by atoms with Crippen LogP contribution in [-0.2, 0) is 4.74 Å². The molecule has 2 aromatic carbocycles. The van der Waals surface area contributed by atoms with Gasteiger partial charge in [-0.05, 0) is 31.0 Å². The number of carbonyl (C=O) groups excluding carboxylic acids is 1. The largest absolute Gasteiger partial charge is 0.394 e. The lowest BCUT2D eigenvalue weighted by atomic mass is 9.98. The minimum Gasteiger partial charge on any atom is -0.394 e. The van der Waals surface area contributed by atoms with E-state index in [4.69, 9.17) is 14.7 Å². The molecule has 0 radical (unpaired) electrons. The number of carbonyl (C=O) groups is 1. The van der Waals surface area contributed by atoms with E-state index in [9.17, 15) is 9.90 Å². The molecular weight excluding hydrogens is 466 g/mol. The second kappa shape index (κ2) is 10.9. The number of hydrogen-bond acceptors (Lipinski definition) is 6. The van der Waals surface area contributed by atoms with Crippen LogP contribution in [0, 0.1) is 13.8 Å². The molecule has 0 unspecified atom stereocenters. The zero-order valence-electron chi connectivity index (χ0n) is 21.1. The van der Waals surface area contributed by atoms with Crippen LogP contribution in [0.4, 0.5) is 5.95 Å². The van der Waals surface area contributed by atoms with Crippen LogP contribution in [0.15, 0.2) is 67.0 Å². The molecule has 1 atom stereocenters. The minimum absolute atomic E-state index is 0.199. The van der Waals surface area contributed by atoms with Crippen molar-refractivity contribution in [2.24, 2.45) is 0 Å². The van der Waals surface area contributed by atoms with E-state index < -0.39 is 6.04 Å². The van der Waals surface area contributed by atoms with E-state index in [2.05, 4.69) is 47.2 Å². The second-order valence-corrected chi connectivity index (χ2v) is 9.33. The Labute approximate surface area is 216 Å². The summed E-state index contributed by atoms with van der Waals surface area (Å²) in [5.41, 5.74) is 7.00. The van der Waals surface area contributed by atoms with Crippen LogP contribution in [0.2, 0.25) is 0 Å². The molecule has 8 heteroatoms. The average Bonchev–Trinajstić information content (AvgIpc) is 3.42. The molecule has 1 aliphatic heterocycles. The van der Waals surface area contributed by atoms with Gasteiger partial charge >= 0.3 is 0 Å². The van der Waals surface area contributed by atoms with Crippen LogP contribution < -0.4 is 10.2 Å². The third kappa shape index (κ3) is 5.55. The molecule has 0 saturated carbocycles. The van der Waals surface area contributed by atoms with Crippen LogP contribution >= 0.6 is 0 Å². The van der Waals surface area contributed by atoms with Crippen molar-refractivity contribution in [1.82, 2.24) is 20.3 Å². The van der Waals surface area contributed by atoms with Crippen molar-refractivity contribution < 1.29 is 14.6 Å². The van der Waals surface area contributed by atoms with E-state index in [1.807, 2.05) is 36.5 Å². The quantitative estimate of drug-likeness (QED) is 0.356. The maximum atomic E-state index is 13.1. The Morgan fingerprint density at radius 1 is 1.08 bits per heavy atom. The number of aromatic amines is 1. The molecule has 0 aliphatic carbocycles. The van der Waals surface area contributed by atoms with Gasteiger partial charge in [0, 0.05) is 36.6 Å². The fourth-order valence-corrected chi connectivity index (χ4v) is 4.67. The lowest BCUT2D eigenvalue weighted by molar-refractivity contribution is 0.0911. The van der Waals surface area contributed by atoms with Gasteiger partial charge in [-0.1, -0.05) is 59.7 Å². The normalized spacial score (nSPS) is 14.4. The molecule has 1 amide bonds. The number of benzene rings is 2. The molecule has 190 valence electrons. The van der Waals surface area contributed by atoms with Crippen molar-refractivity contribution >= 4 is 11.9 Å². The van der Waals surface area contributed by atoms with Crippen molar-refractivity contribution in [2.75, 3.05) is 37.8 Å². The zero-order valence-corrected chi connectivity index (χ0v) is 21.1. The zero-order chi connectivity index (χ0) is 25.8. The van der Waals surface area contributed by atoms with Crippen molar-refractivity contribution in [2.45, 2.75) is 19.9 Å². The van der Waals surface area contributed by atoms with Gasteiger partial charge in [0.2, 0.25) is 5.95 Å². The summed E-state index contributed by atoms with van der Waals surface area (Å²) in [6.07, 6.45) is 3.66. The number of nitrogens with zero attached hydrogens (tertiary/aromatic N) is 3. The van der Waals surface area contributed by atoms with Gasteiger partial charge in [-0.25, -0.2) is 9.97 Å².